The van der Waals surface area contributed by atoms with Gasteiger partial charge in [-0.25, -0.2) is 0 Å². The third-order valence-electron chi connectivity index (χ3n) is 1.51. The Hall–Kier alpha value is -0.430. The van der Waals surface area contributed by atoms with Gasteiger partial charge in [-0.3, -0.25) is 0 Å². The van der Waals surface area contributed by atoms with Crippen LogP contribution < -0.4 is 0 Å². The molecule has 0 spiro atoms. The number of hydrogen-bond donors (Lipinski definition) is 0. The van der Waals surface area contributed by atoms with Crippen LogP contribution in [0.3, 0.4) is 0 Å². The van der Waals surface area contributed by atoms with Crippen molar-refractivity contribution in [3.63, 3.8) is 0 Å². The second kappa shape index (κ2) is 3.53. The Kier molecular flexibility index (Phi) is 2.84. The molecule has 0 radical (unpaired) electrons. The van der Waals surface area contributed by atoms with Gasteiger partial charge < -0.3 is 0 Å². The average Bonchev–Trinajstić information content (AvgIpc) is 1.91. The molecule has 0 bridgehead atoms. The van der Waals surface area contributed by atoms with Gasteiger partial charge in [0.05, 0.1) is 0 Å². The van der Waals surface area contributed by atoms with E-state index in [4.69, 9.17) is 0 Å². The van der Waals surface area contributed by atoms with Crippen LogP contribution in [-0.2, 0) is 0 Å². The Morgan fingerprint density at radius 1 is 1.08 bits per heavy atom. The van der Waals surface area contributed by atoms with Crippen LogP contribution >= 0.6 is 11.8 Å². The molecule has 0 N–H and O–H groups in total. The fourth-order valence-electron chi connectivity index (χ4n) is 1.00. The van der Waals surface area contributed by atoms with E-state index in [1.807, 2.05) is 11.8 Å². The monoisotopic (exact) mass is 180 g/mol. The van der Waals surface area contributed by atoms with Crippen molar-refractivity contribution in [1.82, 2.24) is 0 Å². The van der Waals surface area contributed by atoms with Gasteiger partial charge in [0.1, 0.15) is 0 Å². The Morgan fingerprint density at radius 3 is 2.17 bits per heavy atom. The minimum Gasteiger partial charge on any atom is -0.120 e. The fourth-order valence-corrected chi connectivity index (χ4v) is 2.04. The average molecular weight is 180 g/mol. The topological polar surface area (TPSA) is 0 Å². The Morgan fingerprint density at radius 2 is 1.67 bits per heavy atom. The number of benzene rings is 1. The smallest absolute Gasteiger partial charge is 0.0122 e. The molecule has 0 aromatic heterocycles. The van der Waals surface area contributed by atoms with Gasteiger partial charge in [0.15, 0.2) is 0 Å². The van der Waals surface area contributed by atoms with Crippen LogP contribution in [0, 0.1) is 6.92 Å². The van der Waals surface area contributed by atoms with Crippen LogP contribution in [0.5, 0.6) is 0 Å². The van der Waals surface area contributed by atoms with E-state index in [0.29, 0.717) is 4.75 Å². The molecule has 0 aliphatic heterocycles. The van der Waals surface area contributed by atoms with Crippen molar-refractivity contribution in [3.05, 3.63) is 29.8 Å². The first-order valence-corrected chi connectivity index (χ1v) is 5.05. The van der Waals surface area contributed by atoms with Crippen molar-refractivity contribution in [2.45, 2.75) is 37.3 Å². The van der Waals surface area contributed by atoms with Crippen molar-refractivity contribution in [2.24, 2.45) is 0 Å². The minimum atomic E-state index is 0.312. The van der Waals surface area contributed by atoms with E-state index in [1.165, 1.54) is 10.5 Å². The lowest BCUT2D eigenvalue weighted by atomic mass is 10.2. The second-order valence-electron chi connectivity index (χ2n) is 3.98. The zero-order valence-corrected chi connectivity index (χ0v) is 9.03. The van der Waals surface area contributed by atoms with Gasteiger partial charge in [-0.15, -0.1) is 11.8 Å². The van der Waals surface area contributed by atoms with E-state index in [1.54, 1.807) is 0 Å². The SMILES string of the molecule is Cc1ccccc1SC(C)(C)C. The Balaban J connectivity index is 2.83. The molecular formula is C11H16S. The molecule has 0 nitrogen and oxygen atoms in total. The number of hydrogen-bond acceptors (Lipinski definition) is 1. The van der Waals surface area contributed by atoms with Gasteiger partial charge in [0, 0.05) is 9.64 Å². The van der Waals surface area contributed by atoms with E-state index in [0.717, 1.165) is 0 Å². The molecule has 0 fully saturated rings. The largest absolute Gasteiger partial charge is 0.120 e. The zero-order chi connectivity index (χ0) is 9.19. The van der Waals surface area contributed by atoms with Crippen molar-refractivity contribution >= 4 is 11.8 Å². The summed E-state index contributed by atoms with van der Waals surface area (Å²) in [6.45, 7) is 8.88. The highest BCUT2D eigenvalue weighted by Gasteiger charge is 2.12. The third-order valence-corrected chi connectivity index (χ3v) is 2.80. The van der Waals surface area contributed by atoms with Gasteiger partial charge in [-0.05, 0) is 18.6 Å². The van der Waals surface area contributed by atoms with Crippen molar-refractivity contribution in [2.75, 3.05) is 0 Å². The summed E-state index contributed by atoms with van der Waals surface area (Å²) in [6.07, 6.45) is 0. The normalized spacial score (nSPS) is 11.7. The number of aryl methyl sites for hydroxylation is 1. The first kappa shape index (κ1) is 9.66. The first-order valence-electron chi connectivity index (χ1n) is 4.24. The van der Waals surface area contributed by atoms with Crippen molar-refractivity contribution < 1.29 is 0 Å². The number of thioether (sulfide) groups is 1. The molecule has 0 saturated carbocycles. The van der Waals surface area contributed by atoms with Crippen molar-refractivity contribution in [1.29, 1.82) is 0 Å². The molecule has 0 saturated heterocycles. The summed E-state index contributed by atoms with van der Waals surface area (Å²) in [5.41, 5.74) is 1.37. The van der Waals surface area contributed by atoms with E-state index in [9.17, 15) is 0 Å². The molecule has 0 amide bonds. The van der Waals surface area contributed by atoms with Gasteiger partial charge in [0.25, 0.3) is 0 Å². The lowest BCUT2D eigenvalue weighted by Gasteiger charge is -2.18. The van der Waals surface area contributed by atoms with E-state index in [2.05, 4.69) is 52.0 Å². The maximum absolute atomic E-state index is 2.24. The standard InChI is InChI=1S/C11H16S/c1-9-7-5-6-8-10(9)12-11(2,3)4/h5-8H,1-4H3. The summed E-state index contributed by atoms with van der Waals surface area (Å²) >= 11 is 1.93. The maximum atomic E-state index is 2.24. The maximum Gasteiger partial charge on any atom is 0.0122 e. The molecule has 12 heavy (non-hydrogen) atoms. The molecule has 0 heterocycles. The van der Waals surface area contributed by atoms with E-state index < -0.39 is 0 Å². The third kappa shape index (κ3) is 2.90. The first-order chi connectivity index (χ1) is 5.49. The summed E-state index contributed by atoms with van der Waals surface area (Å²) in [6, 6.07) is 8.53. The summed E-state index contributed by atoms with van der Waals surface area (Å²) < 4.78 is 0.312. The van der Waals surface area contributed by atoms with Crippen LogP contribution in [0.4, 0.5) is 0 Å². The second-order valence-corrected chi connectivity index (χ2v) is 5.85. The summed E-state index contributed by atoms with van der Waals surface area (Å²) in [5, 5.41) is 0. The lowest BCUT2D eigenvalue weighted by Crippen LogP contribution is -2.06. The highest BCUT2D eigenvalue weighted by atomic mass is 32.2. The van der Waals surface area contributed by atoms with Gasteiger partial charge in [0.2, 0.25) is 0 Å². The van der Waals surface area contributed by atoms with Gasteiger partial charge >= 0.3 is 0 Å². The zero-order valence-electron chi connectivity index (χ0n) is 8.22. The van der Waals surface area contributed by atoms with Gasteiger partial charge in [-0.1, -0.05) is 39.0 Å². The van der Waals surface area contributed by atoms with Crippen LogP contribution in [0.25, 0.3) is 0 Å². The molecule has 1 aromatic carbocycles. The predicted octanol–water partition coefficient (Wildman–Crippen LogP) is 3.89. The van der Waals surface area contributed by atoms with E-state index in [-0.39, 0.29) is 0 Å². The lowest BCUT2D eigenvalue weighted by molar-refractivity contribution is 0.802. The molecule has 1 rings (SSSR count). The Bertz CT molecular complexity index is 258. The van der Waals surface area contributed by atoms with Crippen LogP contribution in [-0.4, -0.2) is 4.75 Å². The molecule has 66 valence electrons. The summed E-state index contributed by atoms with van der Waals surface area (Å²) in [7, 11) is 0. The van der Waals surface area contributed by atoms with Gasteiger partial charge in [-0.2, -0.15) is 0 Å². The molecular weight excluding hydrogens is 164 g/mol. The molecule has 1 aromatic rings. The Labute approximate surface area is 79.4 Å². The highest BCUT2D eigenvalue weighted by molar-refractivity contribution is 8.00. The predicted molar refractivity (Wildman–Crippen MR) is 56.8 cm³/mol. The van der Waals surface area contributed by atoms with E-state index >= 15 is 0 Å². The molecule has 0 aliphatic rings. The number of rotatable bonds is 1. The molecule has 0 aliphatic carbocycles. The quantitative estimate of drug-likeness (QED) is 0.591. The van der Waals surface area contributed by atoms with Crippen LogP contribution in [0.1, 0.15) is 26.3 Å². The summed E-state index contributed by atoms with van der Waals surface area (Å²) in [4.78, 5) is 1.39. The molecule has 1 heteroatoms. The molecule has 0 atom stereocenters. The van der Waals surface area contributed by atoms with Crippen molar-refractivity contribution in [3.8, 4) is 0 Å². The summed E-state index contributed by atoms with van der Waals surface area (Å²) in [5.74, 6) is 0. The molecule has 0 unspecified atom stereocenters. The minimum absolute atomic E-state index is 0.312. The van der Waals surface area contributed by atoms with Crippen LogP contribution in [0.15, 0.2) is 29.2 Å². The fraction of sp³-hybridized carbons (Fsp3) is 0.455. The highest BCUT2D eigenvalue weighted by Crippen LogP contribution is 2.33. The van der Waals surface area contributed by atoms with Crippen LogP contribution in [0.2, 0.25) is 0 Å².